The molecule has 29 heavy (non-hydrogen) atoms. The largest absolute Gasteiger partial charge is 0.496 e. The summed E-state index contributed by atoms with van der Waals surface area (Å²) in [4.78, 5) is 0. The summed E-state index contributed by atoms with van der Waals surface area (Å²) in [5.74, 6) is 1.85. The Morgan fingerprint density at radius 3 is 2.79 bits per heavy atom. The number of benzene rings is 2. The van der Waals surface area contributed by atoms with Crippen LogP contribution in [-0.4, -0.2) is 34.6 Å². The molecule has 0 spiro atoms. The van der Waals surface area contributed by atoms with Gasteiger partial charge in [-0.2, -0.15) is 0 Å². The lowest BCUT2D eigenvalue weighted by molar-refractivity contribution is 0.0953. The highest BCUT2D eigenvalue weighted by molar-refractivity contribution is 7.98. The van der Waals surface area contributed by atoms with E-state index in [1.54, 1.807) is 37.1 Å². The van der Waals surface area contributed by atoms with Gasteiger partial charge in [-0.15, -0.1) is 10.2 Å². The van der Waals surface area contributed by atoms with Gasteiger partial charge in [0.1, 0.15) is 11.6 Å². The van der Waals surface area contributed by atoms with Crippen LogP contribution in [0.1, 0.15) is 18.4 Å². The van der Waals surface area contributed by atoms with E-state index in [1.807, 2.05) is 12.1 Å². The zero-order valence-electron chi connectivity index (χ0n) is 16.0. The van der Waals surface area contributed by atoms with Crippen LogP contribution in [0.15, 0.2) is 47.6 Å². The molecular formula is C21H21ClFN3O2S. The van der Waals surface area contributed by atoms with Crippen molar-refractivity contribution in [3.63, 3.8) is 0 Å². The van der Waals surface area contributed by atoms with Crippen molar-refractivity contribution in [3.05, 3.63) is 58.9 Å². The van der Waals surface area contributed by atoms with Crippen LogP contribution in [0.4, 0.5) is 4.39 Å². The molecule has 1 aliphatic rings. The predicted octanol–water partition coefficient (Wildman–Crippen LogP) is 5.22. The third kappa shape index (κ3) is 4.74. The number of aromatic nitrogens is 3. The van der Waals surface area contributed by atoms with Gasteiger partial charge < -0.3 is 9.47 Å². The van der Waals surface area contributed by atoms with Crippen molar-refractivity contribution in [1.29, 1.82) is 0 Å². The number of hydrogen-bond acceptors (Lipinski definition) is 5. The Kier molecular flexibility index (Phi) is 6.37. The van der Waals surface area contributed by atoms with E-state index in [0.717, 1.165) is 41.5 Å². The first-order valence-electron chi connectivity index (χ1n) is 9.40. The van der Waals surface area contributed by atoms with Crippen molar-refractivity contribution < 1.29 is 13.9 Å². The monoisotopic (exact) mass is 433 g/mol. The lowest BCUT2D eigenvalue weighted by Gasteiger charge is -2.15. The van der Waals surface area contributed by atoms with Crippen molar-refractivity contribution in [2.24, 2.45) is 0 Å². The molecule has 1 aliphatic heterocycles. The van der Waals surface area contributed by atoms with E-state index >= 15 is 0 Å². The Morgan fingerprint density at radius 1 is 1.24 bits per heavy atom. The summed E-state index contributed by atoms with van der Waals surface area (Å²) >= 11 is 7.71. The molecule has 1 unspecified atom stereocenters. The molecule has 0 radical (unpaired) electrons. The Hall–Kier alpha value is -2.09. The van der Waals surface area contributed by atoms with Gasteiger partial charge in [0.25, 0.3) is 0 Å². The maximum atomic E-state index is 13.4. The fraction of sp³-hybridized carbons (Fsp3) is 0.333. The second-order valence-corrected chi connectivity index (χ2v) is 8.18. The van der Waals surface area contributed by atoms with Gasteiger partial charge in [-0.3, -0.25) is 4.57 Å². The van der Waals surface area contributed by atoms with Crippen LogP contribution in [0.25, 0.3) is 11.4 Å². The van der Waals surface area contributed by atoms with Crippen molar-refractivity contribution in [3.8, 4) is 17.1 Å². The van der Waals surface area contributed by atoms with E-state index in [-0.39, 0.29) is 11.9 Å². The number of halogens is 2. The van der Waals surface area contributed by atoms with Gasteiger partial charge in [0.2, 0.25) is 0 Å². The Morgan fingerprint density at radius 2 is 2.07 bits per heavy atom. The smallest absolute Gasteiger partial charge is 0.191 e. The quantitative estimate of drug-likeness (QED) is 0.478. The SMILES string of the molecule is COc1ccc(Cl)cc1CSc1nnc(-c2ccc(F)cc2)n1CC1CCCO1. The fourth-order valence-corrected chi connectivity index (χ4v) is 4.49. The maximum Gasteiger partial charge on any atom is 0.191 e. The summed E-state index contributed by atoms with van der Waals surface area (Å²) in [6.07, 6.45) is 2.19. The van der Waals surface area contributed by atoms with Crippen LogP contribution in [-0.2, 0) is 17.0 Å². The van der Waals surface area contributed by atoms with Crippen molar-refractivity contribution in [2.75, 3.05) is 13.7 Å². The molecule has 3 aromatic rings. The van der Waals surface area contributed by atoms with Gasteiger partial charge in [0.05, 0.1) is 19.8 Å². The normalized spacial score (nSPS) is 16.3. The topological polar surface area (TPSA) is 49.2 Å². The van der Waals surface area contributed by atoms with Crippen molar-refractivity contribution in [1.82, 2.24) is 14.8 Å². The summed E-state index contributed by atoms with van der Waals surface area (Å²) in [6, 6.07) is 11.9. The van der Waals surface area contributed by atoms with E-state index in [4.69, 9.17) is 21.1 Å². The number of nitrogens with zero attached hydrogens (tertiary/aromatic N) is 3. The van der Waals surface area contributed by atoms with E-state index in [9.17, 15) is 4.39 Å². The number of thioether (sulfide) groups is 1. The van der Waals surface area contributed by atoms with Gasteiger partial charge in [-0.25, -0.2) is 4.39 Å². The molecule has 152 valence electrons. The van der Waals surface area contributed by atoms with Gasteiger partial charge in [-0.1, -0.05) is 23.4 Å². The summed E-state index contributed by atoms with van der Waals surface area (Å²) in [5.41, 5.74) is 1.81. The Bertz CT molecular complexity index is 975. The van der Waals surface area contributed by atoms with Crippen LogP contribution in [0, 0.1) is 5.82 Å². The molecule has 1 fully saturated rings. The maximum absolute atomic E-state index is 13.4. The lowest BCUT2D eigenvalue weighted by Crippen LogP contribution is -2.16. The van der Waals surface area contributed by atoms with E-state index in [0.29, 0.717) is 23.1 Å². The molecule has 1 aromatic heterocycles. The Labute approximate surface area is 178 Å². The molecule has 5 nitrogen and oxygen atoms in total. The summed E-state index contributed by atoms with van der Waals surface area (Å²) in [7, 11) is 1.64. The molecule has 4 rings (SSSR count). The fourth-order valence-electron chi connectivity index (χ4n) is 3.37. The molecule has 8 heteroatoms. The molecule has 0 amide bonds. The van der Waals surface area contributed by atoms with E-state index in [1.165, 1.54) is 12.1 Å². The first-order chi connectivity index (χ1) is 14.1. The first kappa shape index (κ1) is 20.2. The van der Waals surface area contributed by atoms with Crippen LogP contribution >= 0.6 is 23.4 Å². The standard InChI is InChI=1S/C21H21ClFN3O2S/c1-27-19-9-6-16(22)11-15(19)13-29-21-25-24-20(14-4-7-17(23)8-5-14)26(21)12-18-3-2-10-28-18/h4-9,11,18H,2-3,10,12-13H2,1H3. The minimum absolute atomic E-state index is 0.130. The van der Waals surface area contributed by atoms with Crippen LogP contribution in [0.3, 0.4) is 0 Å². The molecule has 0 aliphatic carbocycles. The second kappa shape index (κ2) is 9.15. The highest BCUT2D eigenvalue weighted by Crippen LogP contribution is 2.32. The number of methoxy groups -OCH3 is 1. The summed E-state index contributed by atoms with van der Waals surface area (Å²) in [5, 5.41) is 10.2. The zero-order chi connectivity index (χ0) is 20.2. The molecule has 2 aromatic carbocycles. The Balaban J connectivity index is 1.62. The zero-order valence-corrected chi connectivity index (χ0v) is 17.5. The van der Waals surface area contributed by atoms with Crippen LogP contribution < -0.4 is 4.74 Å². The number of ether oxygens (including phenoxy) is 2. The molecular weight excluding hydrogens is 413 g/mol. The highest BCUT2D eigenvalue weighted by atomic mass is 35.5. The minimum atomic E-state index is -0.276. The van der Waals surface area contributed by atoms with E-state index in [2.05, 4.69) is 14.8 Å². The molecule has 0 saturated carbocycles. The average molecular weight is 434 g/mol. The number of rotatable bonds is 7. The van der Waals surface area contributed by atoms with Crippen LogP contribution in [0.5, 0.6) is 5.75 Å². The molecule has 1 atom stereocenters. The van der Waals surface area contributed by atoms with Gasteiger partial charge in [0.15, 0.2) is 11.0 Å². The minimum Gasteiger partial charge on any atom is -0.496 e. The molecule has 2 heterocycles. The predicted molar refractivity (Wildman–Crippen MR) is 112 cm³/mol. The summed E-state index contributed by atoms with van der Waals surface area (Å²) < 4.78 is 26.7. The van der Waals surface area contributed by atoms with Crippen molar-refractivity contribution in [2.45, 2.75) is 36.4 Å². The van der Waals surface area contributed by atoms with Gasteiger partial charge in [0, 0.05) is 28.5 Å². The third-order valence-electron chi connectivity index (χ3n) is 4.83. The second-order valence-electron chi connectivity index (χ2n) is 6.80. The summed E-state index contributed by atoms with van der Waals surface area (Å²) in [6.45, 7) is 1.44. The lowest BCUT2D eigenvalue weighted by atomic mass is 10.2. The first-order valence-corrected chi connectivity index (χ1v) is 10.8. The molecule has 0 N–H and O–H groups in total. The average Bonchev–Trinajstić information content (AvgIpc) is 3.38. The van der Waals surface area contributed by atoms with Crippen LogP contribution in [0.2, 0.25) is 5.02 Å². The van der Waals surface area contributed by atoms with E-state index < -0.39 is 0 Å². The van der Waals surface area contributed by atoms with Gasteiger partial charge >= 0.3 is 0 Å². The number of hydrogen-bond donors (Lipinski definition) is 0. The molecule has 1 saturated heterocycles. The van der Waals surface area contributed by atoms with Crippen molar-refractivity contribution >= 4 is 23.4 Å². The highest BCUT2D eigenvalue weighted by Gasteiger charge is 2.22. The molecule has 0 bridgehead atoms. The van der Waals surface area contributed by atoms with Gasteiger partial charge in [-0.05, 0) is 55.3 Å². The third-order valence-corrected chi connectivity index (χ3v) is 6.08.